The molecule has 62 heavy (non-hydrogen) atoms. The van der Waals surface area contributed by atoms with Crippen molar-refractivity contribution in [2.24, 2.45) is 0 Å². The molecule has 1 unspecified atom stereocenters. The van der Waals surface area contributed by atoms with Crippen LogP contribution in [0.3, 0.4) is 0 Å². The second-order valence-electron chi connectivity index (χ2n) is 18.1. The first-order valence-corrected chi connectivity index (χ1v) is 27.0. The van der Waals surface area contributed by atoms with Crippen LogP contribution in [0.5, 0.6) is 0 Å². The Balaban J connectivity index is 4.27. The van der Waals surface area contributed by atoms with Crippen LogP contribution in [0.25, 0.3) is 0 Å². The highest BCUT2D eigenvalue weighted by Gasteiger charge is 2.19. The lowest BCUT2D eigenvalue weighted by molar-refractivity contribution is -0.167. The molecule has 0 heterocycles. The third-order valence-electron chi connectivity index (χ3n) is 11.9. The zero-order valence-electron chi connectivity index (χ0n) is 41.4. The van der Waals surface area contributed by atoms with Crippen LogP contribution >= 0.6 is 0 Å². The van der Waals surface area contributed by atoms with Gasteiger partial charge in [-0.25, -0.2) is 0 Å². The van der Waals surface area contributed by atoms with E-state index in [1.54, 1.807) is 0 Å². The maximum atomic E-state index is 12.8. The molecule has 0 saturated heterocycles. The number of hydrogen-bond acceptors (Lipinski definition) is 6. The molecule has 6 nitrogen and oxygen atoms in total. The van der Waals surface area contributed by atoms with Gasteiger partial charge in [0.1, 0.15) is 13.2 Å². The molecule has 0 aliphatic rings. The number of hydrogen-bond donors (Lipinski definition) is 0. The number of carbonyl (C=O) groups excluding carboxylic acids is 3. The van der Waals surface area contributed by atoms with Gasteiger partial charge in [0.25, 0.3) is 0 Å². The fraction of sp³-hybridized carbons (Fsp3) is 0.839. The predicted octanol–water partition coefficient (Wildman–Crippen LogP) is 17.7. The molecule has 0 amide bonds. The standard InChI is InChI=1S/C56H102O6/c1-4-7-10-13-16-19-21-23-25-27-28-29-31-32-34-37-40-43-46-49-55(58)61-52-53(51-60-54(57)48-45-42-39-36-18-15-12-9-6-3)62-56(59)50-47-44-41-38-35-33-30-26-24-22-20-17-14-11-8-5-2/h8,11,17,20,24,26,53H,4-7,9-10,12-16,18-19,21-23,25,27-52H2,1-3H3/b11-8-,20-17-,26-24-. The van der Waals surface area contributed by atoms with Crippen molar-refractivity contribution >= 4 is 17.9 Å². The summed E-state index contributed by atoms with van der Waals surface area (Å²) in [5.74, 6) is -0.876. The summed E-state index contributed by atoms with van der Waals surface area (Å²) in [4.78, 5) is 37.9. The van der Waals surface area contributed by atoms with Gasteiger partial charge in [-0.15, -0.1) is 0 Å². The summed E-state index contributed by atoms with van der Waals surface area (Å²) in [6.45, 7) is 6.53. The van der Waals surface area contributed by atoms with Crippen LogP contribution in [0.1, 0.15) is 284 Å². The SMILES string of the molecule is CC/C=C\C/C=C\C/C=C\CCCCCCCCC(=O)OC(COC(=O)CCCCCCCCCCC)COC(=O)CCCCCCCCCCCCCCCCCCCCC. The summed E-state index contributed by atoms with van der Waals surface area (Å²) in [5, 5.41) is 0. The first kappa shape index (κ1) is 59.6. The summed E-state index contributed by atoms with van der Waals surface area (Å²) >= 11 is 0. The van der Waals surface area contributed by atoms with Crippen molar-refractivity contribution in [3.8, 4) is 0 Å². The normalized spacial score (nSPS) is 12.2. The quantitative estimate of drug-likeness (QED) is 0.0262. The van der Waals surface area contributed by atoms with Gasteiger partial charge in [0, 0.05) is 19.3 Å². The second-order valence-corrected chi connectivity index (χ2v) is 18.1. The molecule has 0 bridgehead atoms. The number of unbranched alkanes of at least 4 members (excludes halogenated alkanes) is 32. The van der Waals surface area contributed by atoms with E-state index in [0.29, 0.717) is 19.3 Å². The van der Waals surface area contributed by atoms with Gasteiger partial charge in [-0.1, -0.05) is 250 Å². The van der Waals surface area contributed by atoms with Crippen molar-refractivity contribution in [3.05, 3.63) is 36.5 Å². The average molecular weight is 871 g/mol. The Labute approximate surface area is 385 Å². The van der Waals surface area contributed by atoms with Crippen molar-refractivity contribution in [2.75, 3.05) is 13.2 Å². The van der Waals surface area contributed by atoms with E-state index in [4.69, 9.17) is 14.2 Å². The Morgan fingerprint density at radius 3 is 0.984 bits per heavy atom. The Kier molecular flexibility index (Phi) is 49.3. The molecule has 0 aliphatic heterocycles. The van der Waals surface area contributed by atoms with Gasteiger partial charge in [-0.3, -0.25) is 14.4 Å². The number of esters is 3. The van der Waals surface area contributed by atoms with Gasteiger partial charge in [0.15, 0.2) is 6.10 Å². The molecule has 0 aromatic rings. The summed E-state index contributed by atoms with van der Waals surface area (Å²) in [5.41, 5.74) is 0. The van der Waals surface area contributed by atoms with Crippen LogP contribution in [-0.2, 0) is 28.6 Å². The molecule has 0 aliphatic carbocycles. The summed E-state index contributed by atoms with van der Waals surface area (Å²) in [7, 11) is 0. The molecular formula is C56H102O6. The molecule has 0 aromatic heterocycles. The van der Waals surface area contributed by atoms with Crippen molar-refractivity contribution < 1.29 is 28.6 Å². The minimum atomic E-state index is -0.773. The van der Waals surface area contributed by atoms with Gasteiger partial charge in [0.2, 0.25) is 0 Å². The maximum Gasteiger partial charge on any atom is 0.306 e. The number of carbonyl (C=O) groups is 3. The maximum absolute atomic E-state index is 12.8. The Morgan fingerprint density at radius 1 is 0.339 bits per heavy atom. The van der Waals surface area contributed by atoms with E-state index >= 15 is 0 Å². The first-order valence-electron chi connectivity index (χ1n) is 27.0. The second kappa shape index (κ2) is 51.3. The van der Waals surface area contributed by atoms with Gasteiger partial charge in [-0.05, 0) is 51.4 Å². The highest BCUT2D eigenvalue weighted by Crippen LogP contribution is 2.16. The van der Waals surface area contributed by atoms with Crippen molar-refractivity contribution in [3.63, 3.8) is 0 Å². The van der Waals surface area contributed by atoms with E-state index in [0.717, 1.165) is 83.5 Å². The Bertz CT molecular complexity index is 1050. The minimum Gasteiger partial charge on any atom is -0.462 e. The fourth-order valence-corrected chi connectivity index (χ4v) is 7.87. The van der Waals surface area contributed by atoms with E-state index in [-0.39, 0.29) is 31.1 Å². The molecule has 1 atom stereocenters. The highest BCUT2D eigenvalue weighted by atomic mass is 16.6. The van der Waals surface area contributed by atoms with E-state index in [1.165, 1.54) is 161 Å². The van der Waals surface area contributed by atoms with Crippen LogP contribution in [0, 0.1) is 0 Å². The van der Waals surface area contributed by atoms with Gasteiger partial charge >= 0.3 is 17.9 Å². The molecule has 0 N–H and O–H groups in total. The Morgan fingerprint density at radius 2 is 0.629 bits per heavy atom. The van der Waals surface area contributed by atoms with E-state index < -0.39 is 6.10 Å². The number of allylic oxidation sites excluding steroid dienone is 6. The van der Waals surface area contributed by atoms with Crippen LogP contribution in [0.2, 0.25) is 0 Å². The molecule has 6 heteroatoms. The lowest BCUT2D eigenvalue weighted by atomic mass is 10.0. The molecular weight excluding hydrogens is 769 g/mol. The zero-order valence-corrected chi connectivity index (χ0v) is 41.4. The molecule has 0 radical (unpaired) electrons. The Hall–Kier alpha value is -2.37. The van der Waals surface area contributed by atoms with Crippen LogP contribution in [0.15, 0.2) is 36.5 Å². The van der Waals surface area contributed by atoms with Crippen LogP contribution in [0.4, 0.5) is 0 Å². The monoisotopic (exact) mass is 871 g/mol. The summed E-state index contributed by atoms with van der Waals surface area (Å²) in [6, 6.07) is 0. The van der Waals surface area contributed by atoms with E-state index in [2.05, 4.69) is 57.2 Å². The zero-order chi connectivity index (χ0) is 45.1. The fourth-order valence-electron chi connectivity index (χ4n) is 7.87. The minimum absolute atomic E-state index is 0.0734. The topological polar surface area (TPSA) is 78.9 Å². The first-order chi connectivity index (χ1) is 30.5. The predicted molar refractivity (Wildman–Crippen MR) is 266 cm³/mol. The number of ether oxygens (including phenoxy) is 3. The molecule has 0 fully saturated rings. The lowest BCUT2D eigenvalue weighted by Crippen LogP contribution is -2.30. The molecule has 0 saturated carbocycles. The summed E-state index contributed by atoms with van der Waals surface area (Å²) < 4.78 is 16.8. The smallest absolute Gasteiger partial charge is 0.306 e. The van der Waals surface area contributed by atoms with Gasteiger partial charge in [-0.2, -0.15) is 0 Å². The van der Waals surface area contributed by atoms with Crippen molar-refractivity contribution in [1.29, 1.82) is 0 Å². The van der Waals surface area contributed by atoms with Crippen molar-refractivity contribution in [2.45, 2.75) is 290 Å². The largest absolute Gasteiger partial charge is 0.462 e. The van der Waals surface area contributed by atoms with Crippen molar-refractivity contribution in [1.82, 2.24) is 0 Å². The van der Waals surface area contributed by atoms with Gasteiger partial charge < -0.3 is 14.2 Å². The van der Waals surface area contributed by atoms with E-state index in [9.17, 15) is 14.4 Å². The molecule has 0 aromatic carbocycles. The molecule has 0 rings (SSSR count). The van der Waals surface area contributed by atoms with E-state index in [1.807, 2.05) is 0 Å². The molecule has 362 valence electrons. The van der Waals surface area contributed by atoms with Crippen LogP contribution in [-0.4, -0.2) is 37.2 Å². The third kappa shape index (κ3) is 48.7. The number of rotatable bonds is 49. The summed E-state index contributed by atoms with van der Waals surface area (Å²) in [6.07, 6.45) is 60.0. The van der Waals surface area contributed by atoms with Crippen LogP contribution < -0.4 is 0 Å². The average Bonchev–Trinajstić information content (AvgIpc) is 3.27. The molecule has 0 spiro atoms. The third-order valence-corrected chi connectivity index (χ3v) is 11.9. The lowest BCUT2D eigenvalue weighted by Gasteiger charge is -2.18. The highest BCUT2D eigenvalue weighted by molar-refractivity contribution is 5.71. The van der Waals surface area contributed by atoms with Gasteiger partial charge in [0.05, 0.1) is 0 Å².